The summed E-state index contributed by atoms with van der Waals surface area (Å²) in [6, 6.07) is 3.85. The number of rotatable bonds is 7. The molecule has 0 saturated carbocycles. The van der Waals surface area contributed by atoms with Crippen LogP contribution < -0.4 is 5.32 Å². The lowest BCUT2D eigenvalue weighted by Crippen LogP contribution is -2.42. The number of hydrogen-bond acceptors (Lipinski definition) is 4. The zero-order valence-corrected chi connectivity index (χ0v) is 13.7. The Balaban J connectivity index is 1.86. The molecule has 1 fully saturated rings. The molecule has 6 nitrogen and oxygen atoms in total. The third-order valence-electron chi connectivity index (χ3n) is 4.37. The average molecular weight is 319 g/mol. The number of hydrogen-bond donors (Lipinski definition) is 2. The second kappa shape index (κ2) is 8.06. The summed E-state index contributed by atoms with van der Waals surface area (Å²) in [4.78, 5) is 29.0. The number of carbonyl (C=O) groups excluding carboxylic acids is 1. The average Bonchev–Trinajstić information content (AvgIpc) is 2.88. The third kappa shape index (κ3) is 5.32. The van der Waals surface area contributed by atoms with Gasteiger partial charge in [-0.05, 0) is 29.9 Å². The van der Waals surface area contributed by atoms with Crippen molar-refractivity contribution in [3.05, 3.63) is 30.1 Å². The van der Waals surface area contributed by atoms with Crippen LogP contribution in [0.25, 0.3) is 0 Å². The minimum absolute atomic E-state index is 0.0154. The Morgan fingerprint density at radius 1 is 1.43 bits per heavy atom. The molecule has 23 heavy (non-hydrogen) atoms. The van der Waals surface area contributed by atoms with Crippen molar-refractivity contribution >= 4 is 11.9 Å². The Hall–Kier alpha value is -1.95. The molecule has 2 atom stereocenters. The molecule has 1 amide bonds. The minimum atomic E-state index is -0.823. The van der Waals surface area contributed by atoms with Gasteiger partial charge in [0.2, 0.25) is 5.91 Å². The normalized spacial score (nSPS) is 21.5. The van der Waals surface area contributed by atoms with Gasteiger partial charge in [-0.25, -0.2) is 0 Å². The van der Waals surface area contributed by atoms with Gasteiger partial charge in [0, 0.05) is 37.9 Å². The first-order chi connectivity index (χ1) is 11.0. The van der Waals surface area contributed by atoms with Gasteiger partial charge in [0.05, 0.1) is 6.54 Å². The Kier molecular flexibility index (Phi) is 6.10. The van der Waals surface area contributed by atoms with Gasteiger partial charge in [0.25, 0.3) is 0 Å². The predicted octanol–water partition coefficient (Wildman–Crippen LogP) is 1.17. The van der Waals surface area contributed by atoms with Crippen molar-refractivity contribution in [2.75, 3.05) is 19.6 Å². The molecule has 6 heteroatoms. The van der Waals surface area contributed by atoms with Crippen molar-refractivity contribution in [3.63, 3.8) is 0 Å². The smallest absolute Gasteiger partial charge is 0.317 e. The van der Waals surface area contributed by atoms with Gasteiger partial charge < -0.3 is 10.4 Å². The van der Waals surface area contributed by atoms with Gasteiger partial charge in [0.15, 0.2) is 0 Å². The number of aromatic nitrogens is 1. The van der Waals surface area contributed by atoms with E-state index in [1.165, 1.54) is 0 Å². The number of likely N-dealkylation sites (tertiary alicyclic amines) is 1. The van der Waals surface area contributed by atoms with E-state index in [4.69, 9.17) is 5.11 Å². The molecule has 2 rings (SSSR count). The molecule has 0 bridgehead atoms. The van der Waals surface area contributed by atoms with E-state index in [1.54, 1.807) is 12.4 Å². The van der Waals surface area contributed by atoms with Crippen LogP contribution in [0.3, 0.4) is 0 Å². The van der Waals surface area contributed by atoms with E-state index in [0.717, 1.165) is 12.1 Å². The van der Waals surface area contributed by atoms with E-state index < -0.39 is 5.97 Å². The first-order valence-corrected chi connectivity index (χ1v) is 8.08. The number of carboxylic acids is 1. The maximum atomic E-state index is 12.2. The summed E-state index contributed by atoms with van der Waals surface area (Å²) in [6.45, 7) is 5.59. The summed E-state index contributed by atoms with van der Waals surface area (Å²) in [5, 5.41) is 12.0. The zero-order valence-electron chi connectivity index (χ0n) is 13.7. The monoisotopic (exact) mass is 319 g/mol. The zero-order chi connectivity index (χ0) is 16.8. The van der Waals surface area contributed by atoms with Crippen LogP contribution in [-0.4, -0.2) is 52.5 Å². The Morgan fingerprint density at radius 2 is 2.22 bits per heavy atom. The van der Waals surface area contributed by atoms with E-state index in [0.29, 0.717) is 25.3 Å². The van der Waals surface area contributed by atoms with Crippen LogP contribution in [0.2, 0.25) is 0 Å². The molecule has 2 N–H and O–H groups in total. The molecule has 126 valence electrons. The molecule has 1 aliphatic rings. The van der Waals surface area contributed by atoms with Gasteiger partial charge in [-0.3, -0.25) is 19.5 Å². The molecular weight excluding hydrogens is 294 g/mol. The van der Waals surface area contributed by atoms with Gasteiger partial charge in [-0.1, -0.05) is 19.9 Å². The van der Waals surface area contributed by atoms with Crippen molar-refractivity contribution < 1.29 is 14.7 Å². The van der Waals surface area contributed by atoms with Gasteiger partial charge >= 0.3 is 5.97 Å². The Labute approximate surface area is 136 Å². The molecule has 2 heterocycles. The van der Waals surface area contributed by atoms with Crippen LogP contribution in [0.4, 0.5) is 0 Å². The van der Waals surface area contributed by atoms with Crippen molar-refractivity contribution in [3.8, 4) is 0 Å². The highest BCUT2D eigenvalue weighted by molar-refractivity contribution is 5.76. The standard InChI is InChI=1S/C17H25N3O3/c1-12(2)14-9-20(11-17(22)23)10-15(14)19-16(21)6-5-13-4-3-7-18-8-13/h3-4,7-8,12,14-15H,5-6,9-11H2,1-2H3,(H,19,21)(H,22,23)/t14-,15+/m1/s1. The van der Waals surface area contributed by atoms with Crippen LogP contribution in [0.5, 0.6) is 0 Å². The first-order valence-electron chi connectivity index (χ1n) is 8.08. The predicted molar refractivity (Wildman–Crippen MR) is 86.9 cm³/mol. The molecule has 1 aromatic rings. The van der Waals surface area contributed by atoms with Crippen LogP contribution in [0.15, 0.2) is 24.5 Å². The summed E-state index contributed by atoms with van der Waals surface area (Å²) in [5.74, 6) is -0.119. The van der Waals surface area contributed by atoms with Gasteiger partial charge in [-0.15, -0.1) is 0 Å². The fourth-order valence-corrected chi connectivity index (χ4v) is 3.14. The second-order valence-electron chi connectivity index (χ2n) is 6.53. The third-order valence-corrected chi connectivity index (χ3v) is 4.37. The lowest BCUT2D eigenvalue weighted by Gasteiger charge is -2.23. The molecule has 1 aliphatic heterocycles. The molecule has 0 aromatic carbocycles. The largest absolute Gasteiger partial charge is 0.480 e. The summed E-state index contributed by atoms with van der Waals surface area (Å²) < 4.78 is 0. The maximum Gasteiger partial charge on any atom is 0.317 e. The lowest BCUT2D eigenvalue weighted by atomic mass is 9.91. The van der Waals surface area contributed by atoms with E-state index >= 15 is 0 Å². The van der Waals surface area contributed by atoms with Crippen LogP contribution in [-0.2, 0) is 16.0 Å². The molecule has 0 aliphatic carbocycles. The minimum Gasteiger partial charge on any atom is -0.480 e. The molecule has 0 unspecified atom stereocenters. The summed E-state index contributed by atoms with van der Waals surface area (Å²) in [6.07, 6.45) is 4.57. The van der Waals surface area contributed by atoms with Crippen molar-refractivity contribution in [2.45, 2.75) is 32.7 Å². The highest BCUT2D eigenvalue weighted by Crippen LogP contribution is 2.24. The van der Waals surface area contributed by atoms with Crippen molar-refractivity contribution in [1.82, 2.24) is 15.2 Å². The molecule has 0 radical (unpaired) electrons. The number of carbonyl (C=O) groups is 2. The number of aryl methyl sites for hydroxylation is 1. The van der Waals surface area contributed by atoms with E-state index in [-0.39, 0.29) is 24.4 Å². The Bertz CT molecular complexity index is 533. The molecule has 1 aromatic heterocycles. The maximum absolute atomic E-state index is 12.2. The van der Waals surface area contributed by atoms with E-state index in [9.17, 15) is 9.59 Å². The topological polar surface area (TPSA) is 82.5 Å². The SMILES string of the molecule is CC(C)[C@H]1CN(CC(=O)O)C[C@@H]1NC(=O)CCc1cccnc1. The number of nitrogens with zero attached hydrogens (tertiary/aromatic N) is 2. The number of pyridine rings is 1. The summed E-state index contributed by atoms with van der Waals surface area (Å²) in [5.41, 5.74) is 1.04. The number of amides is 1. The van der Waals surface area contributed by atoms with Crippen molar-refractivity contribution in [2.24, 2.45) is 11.8 Å². The number of carboxylic acid groups (broad SMARTS) is 1. The fraction of sp³-hybridized carbons (Fsp3) is 0.588. The fourth-order valence-electron chi connectivity index (χ4n) is 3.14. The highest BCUT2D eigenvalue weighted by atomic mass is 16.4. The van der Waals surface area contributed by atoms with Gasteiger partial charge in [-0.2, -0.15) is 0 Å². The lowest BCUT2D eigenvalue weighted by molar-refractivity contribution is -0.138. The second-order valence-corrected chi connectivity index (χ2v) is 6.53. The van der Waals surface area contributed by atoms with Crippen molar-refractivity contribution in [1.29, 1.82) is 0 Å². The first kappa shape index (κ1) is 17.4. The van der Waals surface area contributed by atoms with Crippen LogP contribution in [0, 0.1) is 11.8 Å². The van der Waals surface area contributed by atoms with E-state index in [1.807, 2.05) is 17.0 Å². The number of aliphatic carboxylic acids is 1. The molecular formula is C17H25N3O3. The quantitative estimate of drug-likeness (QED) is 0.788. The summed E-state index contributed by atoms with van der Waals surface area (Å²) >= 11 is 0. The van der Waals surface area contributed by atoms with Crippen LogP contribution >= 0.6 is 0 Å². The van der Waals surface area contributed by atoms with E-state index in [2.05, 4.69) is 24.1 Å². The van der Waals surface area contributed by atoms with Gasteiger partial charge in [0.1, 0.15) is 0 Å². The highest BCUT2D eigenvalue weighted by Gasteiger charge is 2.36. The Morgan fingerprint density at radius 3 is 2.83 bits per heavy atom. The van der Waals surface area contributed by atoms with Crippen LogP contribution in [0.1, 0.15) is 25.8 Å². The molecule has 0 spiro atoms. The number of nitrogens with one attached hydrogen (secondary N) is 1. The summed E-state index contributed by atoms with van der Waals surface area (Å²) in [7, 11) is 0. The molecule has 1 saturated heterocycles.